The number of carbonyl (C=O) groups excluding carboxylic acids is 2. The molecule has 3 rings (SSSR count). The molecule has 1 N–H and O–H groups in total. The average Bonchev–Trinajstić information content (AvgIpc) is 2.73. The highest BCUT2D eigenvalue weighted by molar-refractivity contribution is 9.10. The molecule has 1 fully saturated rings. The van der Waals surface area contributed by atoms with Gasteiger partial charge in [0, 0.05) is 4.47 Å². The Bertz CT molecular complexity index is 1150. The number of para-hydroxylation sites is 1. The van der Waals surface area contributed by atoms with Crippen LogP contribution in [0.4, 0.5) is 10.1 Å². The van der Waals surface area contributed by atoms with E-state index in [0.29, 0.717) is 28.1 Å². The Kier molecular flexibility index (Phi) is 6.99. The molecule has 0 aliphatic carbocycles. The van der Waals surface area contributed by atoms with E-state index < -0.39 is 17.6 Å². The summed E-state index contributed by atoms with van der Waals surface area (Å²) in [6.45, 7) is 1.93. The van der Waals surface area contributed by atoms with Gasteiger partial charge in [-0.15, -0.1) is 0 Å². The van der Waals surface area contributed by atoms with E-state index in [4.69, 9.17) is 27.0 Å². The van der Waals surface area contributed by atoms with Gasteiger partial charge in [-0.05, 0) is 55.0 Å². The van der Waals surface area contributed by atoms with Crippen LogP contribution in [0.25, 0.3) is 6.08 Å². The van der Waals surface area contributed by atoms with Crippen LogP contribution >= 0.6 is 28.1 Å². The Balaban J connectivity index is 2.05. The number of benzene rings is 2. The molecule has 2 amide bonds. The number of hydrogen-bond acceptors (Lipinski definition) is 6. The molecule has 158 valence electrons. The molecule has 0 saturated carbocycles. The zero-order valence-electron chi connectivity index (χ0n) is 16.1. The van der Waals surface area contributed by atoms with E-state index in [1.165, 1.54) is 24.3 Å². The Morgan fingerprint density at radius 2 is 1.97 bits per heavy atom. The van der Waals surface area contributed by atoms with Crippen LogP contribution < -0.4 is 19.7 Å². The van der Waals surface area contributed by atoms with Crippen LogP contribution in [0.2, 0.25) is 0 Å². The van der Waals surface area contributed by atoms with Crippen molar-refractivity contribution >= 4 is 56.8 Å². The van der Waals surface area contributed by atoms with Crippen LogP contribution in [0.5, 0.6) is 11.5 Å². The molecule has 1 saturated heterocycles. The molecule has 1 aliphatic rings. The van der Waals surface area contributed by atoms with Crippen LogP contribution in [-0.2, 0) is 9.59 Å². The largest absolute Gasteiger partial charge is 0.490 e. The highest BCUT2D eigenvalue weighted by atomic mass is 79.9. The minimum Gasteiger partial charge on any atom is -0.490 e. The molecule has 0 aromatic heterocycles. The fourth-order valence-electron chi connectivity index (χ4n) is 2.82. The van der Waals surface area contributed by atoms with E-state index in [1.54, 1.807) is 25.1 Å². The summed E-state index contributed by atoms with van der Waals surface area (Å²) in [4.78, 5) is 26.5. The van der Waals surface area contributed by atoms with Crippen LogP contribution in [0.1, 0.15) is 12.5 Å². The van der Waals surface area contributed by atoms with Crippen LogP contribution in [0.15, 0.2) is 46.4 Å². The van der Waals surface area contributed by atoms with Crippen molar-refractivity contribution < 1.29 is 23.5 Å². The molecule has 0 unspecified atom stereocenters. The van der Waals surface area contributed by atoms with Gasteiger partial charge in [-0.2, -0.15) is 5.26 Å². The highest BCUT2D eigenvalue weighted by Crippen LogP contribution is 2.35. The molecular formula is C21H15BrFN3O4S. The summed E-state index contributed by atoms with van der Waals surface area (Å²) < 4.78 is 25.7. The Labute approximate surface area is 191 Å². The third-order valence-corrected chi connectivity index (χ3v) is 5.12. The van der Waals surface area contributed by atoms with Gasteiger partial charge in [0.1, 0.15) is 17.5 Å². The van der Waals surface area contributed by atoms with Crippen LogP contribution in [0.3, 0.4) is 0 Å². The number of halogens is 2. The monoisotopic (exact) mass is 503 g/mol. The van der Waals surface area contributed by atoms with Crippen molar-refractivity contribution in [3.05, 3.63) is 57.8 Å². The number of thiocarbonyl (C=S) groups is 1. The predicted octanol–water partition coefficient (Wildman–Crippen LogP) is 3.72. The number of nitrogens with zero attached hydrogens (tertiary/aromatic N) is 2. The van der Waals surface area contributed by atoms with Crippen LogP contribution in [0, 0.1) is 17.1 Å². The molecule has 31 heavy (non-hydrogen) atoms. The zero-order chi connectivity index (χ0) is 22.5. The molecule has 1 aliphatic heterocycles. The molecule has 0 atom stereocenters. The van der Waals surface area contributed by atoms with E-state index in [1.807, 2.05) is 6.07 Å². The summed E-state index contributed by atoms with van der Waals surface area (Å²) in [7, 11) is 0. The SMILES string of the molecule is CCOc1cc(/C=C2\C(=O)NC(=S)N(c3ccccc3F)C2=O)c(Br)cc1OCC#N. The molecule has 2 aromatic carbocycles. The number of hydrogen-bond donors (Lipinski definition) is 1. The zero-order valence-corrected chi connectivity index (χ0v) is 18.5. The second kappa shape index (κ2) is 9.68. The summed E-state index contributed by atoms with van der Waals surface area (Å²) in [6.07, 6.45) is 1.34. The first-order valence-corrected chi connectivity index (χ1v) is 10.2. The fourth-order valence-corrected chi connectivity index (χ4v) is 3.53. The van der Waals surface area contributed by atoms with E-state index >= 15 is 0 Å². The Morgan fingerprint density at radius 1 is 1.26 bits per heavy atom. The first-order valence-electron chi connectivity index (χ1n) is 8.99. The number of nitriles is 1. The minimum atomic E-state index is -0.770. The third-order valence-electron chi connectivity index (χ3n) is 4.15. The van der Waals surface area contributed by atoms with Crippen molar-refractivity contribution in [3.8, 4) is 17.6 Å². The maximum Gasteiger partial charge on any atom is 0.270 e. The molecule has 1 heterocycles. The lowest BCUT2D eigenvalue weighted by Gasteiger charge is -2.29. The first kappa shape index (κ1) is 22.4. The van der Waals surface area contributed by atoms with Crippen molar-refractivity contribution in [2.24, 2.45) is 0 Å². The summed E-state index contributed by atoms with van der Waals surface area (Å²) >= 11 is 8.46. The van der Waals surface area contributed by atoms with Crippen molar-refractivity contribution in [1.82, 2.24) is 5.32 Å². The number of anilines is 1. The van der Waals surface area contributed by atoms with Crippen molar-refractivity contribution in [2.75, 3.05) is 18.1 Å². The Morgan fingerprint density at radius 3 is 2.65 bits per heavy atom. The number of carbonyl (C=O) groups is 2. The molecule has 0 radical (unpaired) electrons. The standard InChI is InChI=1S/C21H15BrFN3O4S/c1-2-29-17-10-12(14(22)11-18(17)30-8-7-24)9-13-19(27)25-21(31)26(20(13)28)16-6-4-3-5-15(16)23/h3-6,9-11H,2,8H2,1H3,(H,25,27,31)/b13-9+. The third kappa shape index (κ3) is 4.73. The van der Waals surface area contributed by atoms with Gasteiger partial charge < -0.3 is 9.47 Å². The molecule has 7 nitrogen and oxygen atoms in total. The van der Waals surface area contributed by atoms with E-state index in [0.717, 1.165) is 4.90 Å². The van der Waals surface area contributed by atoms with E-state index in [2.05, 4.69) is 21.2 Å². The van der Waals surface area contributed by atoms with Gasteiger partial charge in [-0.25, -0.2) is 9.29 Å². The number of rotatable bonds is 6. The van der Waals surface area contributed by atoms with Gasteiger partial charge in [0.15, 0.2) is 23.2 Å². The first-order chi connectivity index (χ1) is 14.9. The molecule has 2 aromatic rings. The predicted molar refractivity (Wildman–Crippen MR) is 119 cm³/mol. The summed E-state index contributed by atoms with van der Waals surface area (Å²) in [5, 5.41) is 10.9. The van der Waals surface area contributed by atoms with Crippen molar-refractivity contribution in [1.29, 1.82) is 5.26 Å². The topological polar surface area (TPSA) is 91.7 Å². The summed E-state index contributed by atoms with van der Waals surface area (Å²) in [5.74, 6) is -1.48. The van der Waals surface area contributed by atoms with Gasteiger partial charge in [-0.3, -0.25) is 14.9 Å². The molecule has 0 spiro atoms. The number of nitrogens with one attached hydrogen (secondary N) is 1. The second-order valence-electron chi connectivity index (χ2n) is 6.11. The number of ether oxygens (including phenoxy) is 2. The van der Waals surface area contributed by atoms with Gasteiger partial charge in [0.05, 0.1) is 12.3 Å². The van der Waals surface area contributed by atoms with Crippen LogP contribution in [-0.4, -0.2) is 30.1 Å². The lowest BCUT2D eigenvalue weighted by Crippen LogP contribution is -2.54. The summed E-state index contributed by atoms with van der Waals surface area (Å²) in [5.41, 5.74) is 0.121. The summed E-state index contributed by atoms with van der Waals surface area (Å²) in [6, 6.07) is 10.6. The van der Waals surface area contributed by atoms with Crippen molar-refractivity contribution in [3.63, 3.8) is 0 Å². The minimum absolute atomic E-state index is 0.0716. The second-order valence-corrected chi connectivity index (χ2v) is 7.35. The molecule has 10 heteroatoms. The average molecular weight is 504 g/mol. The maximum absolute atomic E-state index is 14.3. The normalized spacial score (nSPS) is 15.0. The Hall–Kier alpha value is -3.29. The van der Waals surface area contributed by atoms with Gasteiger partial charge in [0.25, 0.3) is 11.8 Å². The van der Waals surface area contributed by atoms with Gasteiger partial charge in [0.2, 0.25) is 0 Å². The smallest absolute Gasteiger partial charge is 0.270 e. The van der Waals surface area contributed by atoms with E-state index in [9.17, 15) is 14.0 Å². The quantitative estimate of drug-likeness (QED) is 0.367. The lowest BCUT2D eigenvalue weighted by molar-refractivity contribution is -0.122. The van der Waals surface area contributed by atoms with Gasteiger partial charge in [-0.1, -0.05) is 28.1 Å². The van der Waals surface area contributed by atoms with E-state index in [-0.39, 0.29) is 23.0 Å². The van der Waals surface area contributed by atoms with Gasteiger partial charge >= 0.3 is 0 Å². The fraction of sp³-hybridized carbons (Fsp3) is 0.143. The lowest BCUT2D eigenvalue weighted by atomic mass is 10.1. The molecule has 0 bridgehead atoms. The molecular weight excluding hydrogens is 489 g/mol. The number of amides is 2. The van der Waals surface area contributed by atoms with Crippen molar-refractivity contribution in [2.45, 2.75) is 6.92 Å². The maximum atomic E-state index is 14.3. The highest BCUT2D eigenvalue weighted by Gasteiger charge is 2.35.